The van der Waals surface area contributed by atoms with Crippen molar-refractivity contribution in [3.8, 4) is 0 Å². The fourth-order valence-corrected chi connectivity index (χ4v) is 2.30. The number of carboxylic acids is 1. The summed E-state index contributed by atoms with van der Waals surface area (Å²) in [4.78, 5) is 24.5. The Morgan fingerprint density at radius 3 is 2.67 bits per heavy atom. The lowest BCUT2D eigenvalue weighted by Gasteiger charge is -2.20. The molecule has 0 saturated carbocycles. The van der Waals surface area contributed by atoms with Gasteiger partial charge in [-0.3, -0.25) is 9.69 Å². The molecule has 2 rings (SSSR count). The number of halogens is 1. The molecule has 21 heavy (non-hydrogen) atoms. The first-order valence-electron chi connectivity index (χ1n) is 6.75. The molecule has 2 atom stereocenters. The smallest absolute Gasteiger partial charge is 0.320 e. The van der Waals surface area contributed by atoms with E-state index in [4.69, 9.17) is 5.11 Å². The molecule has 114 valence electrons. The highest BCUT2D eigenvalue weighted by molar-refractivity contribution is 5.89. The highest BCUT2D eigenvalue weighted by atomic mass is 19.1. The monoisotopic (exact) mass is 295 g/mol. The van der Waals surface area contributed by atoms with E-state index in [1.807, 2.05) is 4.90 Å². The highest BCUT2D eigenvalue weighted by Crippen LogP contribution is 2.13. The normalized spacial score (nSPS) is 20.0. The maximum absolute atomic E-state index is 12.8. The maximum atomic E-state index is 12.8. The van der Waals surface area contributed by atoms with Crippen molar-refractivity contribution in [1.82, 2.24) is 10.2 Å². The lowest BCUT2D eigenvalue weighted by molar-refractivity contribution is -0.142. The van der Waals surface area contributed by atoms with Crippen molar-refractivity contribution < 1.29 is 19.1 Å². The third-order valence-corrected chi connectivity index (χ3v) is 3.56. The van der Waals surface area contributed by atoms with Crippen LogP contribution in [0.4, 0.5) is 14.9 Å². The average Bonchev–Trinajstić information content (AvgIpc) is 2.88. The standard InChI is InChI=1S/C14H18FN3O3/c1-9(13(19)20)18-7-6-12(8-18)17-14(21)16-11-4-2-10(15)3-5-11/h2-5,9,12H,6-8H2,1H3,(H,19,20)(H2,16,17,21). The average molecular weight is 295 g/mol. The van der Waals surface area contributed by atoms with Crippen LogP contribution in [0.15, 0.2) is 24.3 Å². The van der Waals surface area contributed by atoms with Crippen molar-refractivity contribution in [3.05, 3.63) is 30.1 Å². The molecule has 1 aliphatic heterocycles. The summed E-state index contributed by atoms with van der Waals surface area (Å²) >= 11 is 0. The van der Waals surface area contributed by atoms with E-state index in [1.165, 1.54) is 24.3 Å². The van der Waals surface area contributed by atoms with E-state index in [-0.39, 0.29) is 17.9 Å². The molecule has 2 unspecified atom stereocenters. The second-order valence-electron chi connectivity index (χ2n) is 5.10. The molecule has 1 saturated heterocycles. The molecule has 6 nitrogen and oxygen atoms in total. The fourth-order valence-electron chi connectivity index (χ4n) is 2.30. The second-order valence-corrected chi connectivity index (χ2v) is 5.10. The van der Waals surface area contributed by atoms with Crippen molar-refractivity contribution in [2.75, 3.05) is 18.4 Å². The van der Waals surface area contributed by atoms with Gasteiger partial charge in [-0.25, -0.2) is 9.18 Å². The summed E-state index contributed by atoms with van der Waals surface area (Å²) in [5.74, 6) is -1.23. The summed E-state index contributed by atoms with van der Waals surface area (Å²) in [6, 6.07) is 4.45. The van der Waals surface area contributed by atoms with Gasteiger partial charge in [0.05, 0.1) is 0 Å². The fraction of sp³-hybridized carbons (Fsp3) is 0.429. The van der Waals surface area contributed by atoms with Gasteiger partial charge in [-0.15, -0.1) is 0 Å². The molecule has 0 spiro atoms. The minimum Gasteiger partial charge on any atom is -0.480 e. The largest absolute Gasteiger partial charge is 0.480 e. The third kappa shape index (κ3) is 4.16. The molecular formula is C14H18FN3O3. The summed E-state index contributed by atoms with van der Waals surface area (Å²) in [5.41, 5.74) is 0.502. The molecule has 1 aliphatic rings. The Labute approximate surface area is 121 Å². The number of benzene rings is 1. The van der Waals surface area contributed by atoms with E-state index in [0.29, 0.717) is 25.2 Å². The molecule has 0 radical (unpaired) electrons. The Morgan fingerprint density at radius 2 is 2.05 bits per heavy atom. The number of carboxylic acid groups (broad SMARTS) is 1. The van der Waals surface area contributed by atoms with Crippen molar-refractivity contribution >= 4 is 17.7 Å². The molecule has 1 heterocycles. The molecule has 0 aliphatic carbocycles. The summed E-state index contributed by atoms with van der Waals surface area (Å²) in [5, 5.41) is 14.4. The van der Waals surface area contributed by atoms with E-state index >= 15 is 0 Å². The Kier molecular flexibility index (Phi) is 4.74. The first kappa shape index (κ1) is 15.2. The van der Waals surface area contributed by atoms with Crippen molar-refractivity contribution in [1.29, 1.82) is 0 Å². The van der Waals surface area contributed by atoms with Crippen LogP contribution in [0.25, 0.3) is 0 Å². The number of carbonyl (C=O) groups excluding carboxylic acids is 1. The SMILES string of the molecule is CC(C(=O)O)N1CCC(NC(=O)Nc2ccc(F)cc2)C1. The van der Waals surface area contributed by atoms with E-state index in [0.717, 1.165) is 0 Å². The maximum Gasteiger partial charge on any atom is 0.320 e. The van der Waals surface area contributed by atoms with Crippen LogP contribution in [0.1, 0.15) is 13.3 Å². The predicted octanol–water partition coefficient (Wildman–Crippen LogP) is 1.49. The van der Waals surface area contributed by atoms with Gasteiger partial charge in [-0.1, -0.05) is 0 Å². The summed E-state index contributed by atoms with van der Waals surface area (Å²) in [6.45, 7) is 2.77. The van der Waals surface area contributed by atoms with Gasteiger partial charge in [0.1, 0.15) is 11.9 Å². The van der Waals surface area contributed by atoms with Crippen molar-refractivity contribution in [2.24, 2.45) is 0 Å². The number of urea groups is 1. The van der Waals surface area contributed by atoms with Crippen molar-refractivity contribution in [3.63, 3.8) is 0 Å². The van der Waals surface area contributed by atoms with E-state index < -0.39 is 12.0 Å². The van der Waals surface area contributed by atoms with Gasteiger partial charge in [0, 0.05) is 24.8 Å². The Morgan fingerprint density at radius 1 is 1.38 bits per heavy atom. The zero-order chi connectivity index (χ0) is 15.4. The quantitative estimate of drug-likeness (QED) is 0.786. The van der Waals surface area contributed by atoms with Gasteiger partial charge in [-0.05, 0) is 37.6 Å². The molecule has 3 N–H and O–H groups in total. The lowest BCUT2D eigenvalue weighted by Crippen LogP contribution is -2.42. The number of nitrogens with zero attached hydrogens (tertiary/aromatic N) is 1. The number of hydrogen-bond donors (Lipinski definition) is 3. The molecule has 0 bridgehead atoms. The van der Waals surface area contributed by atoms with Crippen LogP contribution in [0.5, 0.6) is 0 Å². The first-order valence-corrected chi connectivity index (χ1v) is 6.75. The minimum atomic E-state index is -0.869. The second kappa shape index (κ2) is 6.53. The van der Waals surface area contributed by atoms with Gasteiger partial charge >= 0.3 is 12.0 Å². The summed E-state index contributed by atoms with van der Waals surface area (Å²) in [6.07, 6.45) is 0.703. The molecule has 0 aromatic heterocycles. The number of carbonyl (C=O) groups is 2. The number of nitrogens with one attached hydrogen (secondary N) is 2. The van der Waals surface area contributed by atoms with Crippen LogP contribution in [0.3, 0.4) is 0 Å². The van der Waals surface area contributed by atoms with E-state index in [1.54, 1.807) is 6.92 Å². The van der Waals surface area contributed by atoms with Gasteiger partial charge in [0.2, 0.25) is 0 Å². The van der Waals surface area contributed by atoms with Gasteiger partial charge in [-0.2, -0.15) is 0 Å². The molecule has 7 heteroatoms. The van der Waals surface area contributed by atoms with E-state index in [2.05, 4.69) is 10.6 Å². The Balaban J connectivity index is 1.81. The van der Waals surface area contributed by atoms with Crippen LogP contribution in [-0.4, -0.2) is 47.2 Å². The molecule has 1 fully saturated rings. The number of anilines is 1. The van der Waals surface area contributed by atoms with Crippen LogP contribution >= 0.6 is 0 Å². The molecule has 1 aromatic rings. The van der Waals surface area contributed by atoms with Crippen LogP contribution < -0.4 is 10.6 Å². The van der Waals surface area contributed by atoms with Crippen molar-refractivity contribution in [2.45, 2.75) is 25.4 Å². The summed E-state index contributed by atoms with van der Waals surface area (Å²) in [7, 11) is 0. The predicted molar refractivity (Wildman–Crippen MR) is 75.6 cm³/mol. The molecule has 2 amide bonds. The Bertz CT molecular complexity index is 521. The van der Waals surface area contributed by atoms with Gasteiger partial charge in [0.25, 0.3) is 0 Å². The Hall–Kier alpha value is -2.15. The molecule has 1 aromatic carbocycles. The molecular weight excluding hydrogens is 277 g/mol. The number of aliphatic carboxylic acids is 1. The number of hydrogen-bond acceptors (Lipinski definition) is 3. The number of likely N-dealkylation sites (tertiary alicyclic amines) is 1. The van der Waals surface area contributed by atoms with Gasteiger partial charge in [0.15, 0.2) is 0 Å². The zero-order valence-corrected chi connectivity index (χ0v) is 11.7. The van der Waals surface area contributed by atoms with Gasteiger partial charge < -0.3 is 15.7 Å². The minimum absolute atomic E-state index is 0.0905. The first-order chi connectivity index (χ1) is 9.95. The van der Waals surface area contributed by atoms with Crippen LogP contribution in [-0.2, 0) is 4.79 Å². The third-order valence-electron chi connectivity index (χ3n) is 3.56. The number of rotatable bonds is 4. The topological polar surface area (TPSA) is 81.7 Å². The highest BCUT2D eigenvalue weighted by Gasteiger charge is 2.30. The zero-order valence-electron chi connectivity index (χ0n) is 11.7. The number of amides is 2. The summed E-state index contributed by atoms with van der Waals surface area (Å²) < 4.78 is 12.8. The van der Waals surface area contributed by atoms with E-state index in [9.17, 15) is 14.0 Å². The van der Waals surface area contributed by atoms with Crippen LogP contribution in [0, 0.1) is 5.82 Å². The van der Waals surface area contributed by atoms with Crippen LogP contribution in [0.2, 0.25) is 0 Å². The lowest BCUT2D eigenvalue weighted by atomic mass is 10.2.